The maximum atomic E-state index is 12.9. The minimum absolute atomic E-state index is 0.224. The standard InChI is InChI=1S/C26H22N2O5/c1-15(33-26(32)16-7-6-8-18(13-16)28(2)3)25(31)27-17-11-12-21-22(14-17)24(30)20-10-5-4-9-19(20)23(21)29/h4-15H,1-3H3,(H,27,31). The number of carbonyl (C=O) groups is 4. The lowest BCUT2D eigenvalue weighted by molar-refractivity contribution is -0.123. The number of esters is 1. The van der Waals surface area contributed by atoms with Crippen molar-refractivity contribution in [3.63, 3.8) is 0 Å². The zero-order valence-corrected chi connectivity index (χ0v) is 18.4. The van der Waals surface area contributed by atoms with Crippen LogP contribution in [0.5, 0.6) is 0 Å². The molecule has 7 heteroatoms. The summed E-state index contributed by atoms with van der Waals surface area (Å²) in [4.78, 5) is 52.5. The number of nitrogens with zero attached hydrogens (tertiary/aromatic N) is 1. The summed E-state index contributed by atoms with van der Waals surface area (Å²) in [5, 5.41) is 2.65. The lowest BCUT2D eigenvalue weighted by atomic mass is 9.84. The number of amides is 1. The van der Waals surface area contributed by atoms with Gasteiger partial charge < -0.3 is 15.0 Å². The average molecular weight is 442 g/mol. The molecule has 1 aliphatic carbocycles. The van der Waals surface area contributed by atoms with Crippen molar-refractivity contribution in [2.75, 3.05) is 24.3 Å². The first-order valence-electron chi connectivity index (χ1n) is 10.4. The summed E-state index contributed by atoms with van der Waals surface area (Å²) in [6.45, 7) is 1.46. The molecular formula is C26H22N2O5. The number of fused-ring (bicyclic) bond motifs is 2. The monoisotopic (exact) mass is 442 g/mol. The lowest BCUT2D eigenvalue weighted by Crippen LogP contribution is -2.30. The van der Waals surface area contributed by atoms with E-state index >= 15 is 0 Å². The predicted octanol–water partition coefficient (Wildman–Crippen LogP) is 3.71. The Balaban J connectivity index is 1.48. The van der Waals surface area contributed by atoms with Crippen molar-refractivity contribution in [1.82, 2.24) is 0 Å². The van der Waals surface area contributed by atoms with Crippen LogP contribution in [0.4, 0.5) is 11.4 Å². The first kappa shape index (κ1) is 22.0. The van der Waals surface area contributed by atoms with E-state index in [1.54, 1.807) is 48.5 Å². The van der Waals surface area contributed by atoms with Crippen LogP contribution < -0.4 is 10.2 Å². The number of rotatable bonds is 5. The van der Waals surface area contributed by atoms with Crippen molar-refractivity contribution in [2.24, 2.45) is 0 Å². The number of hydrogen-bond donors (Lipinski definition) is 1. The van der Waals surface area contributed by atoms with E-state index in [2.05, 4.69) is 5.32 Å². The molecular weight excluding hydrogens is 420 g/mol. The van der Waals surface area contributed by atoms with Gasteiger partial charge in [0.1, 0.15) is 0 Å². The minimum atomic E-state index is -1.07. The van der Waals surface area contributed by atoms with Gasteiger partial charge in [0.25, 0.3) is 5.91 Å². The summed E-state index contributed by atoms with van der Waals surface area (Å²) in [7, 11) is 3.71. The number of anilines is 2. The van der Waals surface area contributed by atoms with Crippen molar-refractivity contribution >= 4 is 34.8 Å². The van der Waals surface area contributed by atoms with Crippen LogP contribution in [0.2, 0.25) is 0 Å². The largest absolute Gasteiger partial charge is 0.449 e. The summed E-state index contributed by atoms with van der Waals surface area (Å²) in [6.07, 6.45) is -1.07. The van der Waals surface area contributed by atoms with Gasteiger partial charge in [-0.15, -0.1) is 0 Å². The van der Waals surface area contributed by atoms with Gasteiger partial charge in [-0.05, 0) is 43.3 Å². The van der Waals surface area contributed by atoms with Gasteiger partial charge in [0.05, 0.1) is 5.56 Å². The fourth-order valence-electron chi connectivity index (χ4n) is 3.61. The summed E-state index contributed by atoms with van der Waals surface area (Å²) in [6, 6.07) is 18.1. The molecule has 166 valence electrons. The second-order valence-corrected chi connectivity index (χ2v) is 7.95. The van der Waals surface area contributed by atoms with Crippen molar-refractivity contribution in [3.8, 4) is 0 Å². The molecule has 0 aliphatic heterocycles. The molecule has 1 unspecified atom stereocenters. The molecule has 33 heavy (non-hydrogen) atoms. The molecule has 0 aromatic heterocycles. The number of ketones is 2. The number of benzene rings is 3. The van der Waals surface area contributed by atoms with E-state index < -0.39 is 18.0 Å². The Morgan fingerprint density at radius 2 is 1.45 bits per heavy atom. The van der Waals surface area contributed by atoms with Gasteiger partial charge in [-0.2, -0.15) is 0 Å². The van der Waals surface area contributed by atoms with Crippen LogP contribution in [0, 0.1) is 0 Å². The minimum Gasteiger partial charge on any atom is -0.449 e. The first-order chi connectivity index (χ1) is 15.8. The van der Waals surface area contributed by atoms with Gasteiger partial charge in [0.2, 0.25) is 0 Å². The zero-order valence-electron chi connectivity index (χ0n) is 18.4. The normalized spacial score (nSPS) is 12.9. The molecule has 0 heterocycles. The van der Waals surface area contributed by atoms with Gasteiger partial charge in [-0.3, -0.25) is 14.4 Å². The lowest BCUT2D eigenvalue weighted by Gasteiger charge is -2.19. The number of carbonyl (C=O) groups excluding carboxylic acids is 4. The van der Waals surface area contributed by atoms with E-state index in [9.17, 15) is 19.2 Å². The topological polar surface area (TPSA) is 92.8 Å². The third kappa shape index (κ3) is 4.25. The number of hydrogen-bond acceptors (Lipinski definition) is 6. The molecule has 4 rings (SSSR count). The molecule has 3 aromatic carbocycles. The van der Waals surface area contributed by atoms with E-state index in [1.807, 2.05) is 25.1 Å². The van der Waals surface area contributed by atoms with Crippen LogP contribution >= 0.6 is 0 Å². The highest BCUT2D eigenvalue weighted by atomic mass is 16.5. The van der Waals surface area contributed by atoms with Gasteiger partial charge in [-0.25, -0.2) is 4.79 Å². The Morgan fingerprint density at radius 1 is 0.818 bits per heavy atom. The van der Waals surface area contributed by atoms with E-state index in [0.717, 1.165) is 5.69 Å². The van der Waals surface area contributed by atoms with Crippen LogP contribution in [-0.2, 0) is 9.53 Å². The Bertz CT molecular complexity index is 1300. The van der Waals surface area contributed by atoms with E-state index in [4.69, 9.17) is 4.74 Å². The number of nitrogens with one attached hydrogen (secondary N) is 1. The smallest absolute Gasteiger partial charge is 0.338 e. The Hall–Kier alpha value is -4.26. The molecule has 3 aromatic rings. The van der Waals surface area contributed by atoms with Crippen LogP contribution in [0.1, 0.15) is 49.1 Å². The molecule has 0 bridgehead atoms. The summed E-state index contributed by atoms with van der Waals surface area (Å²) >= 11 is 0. The second kappa shape index (κ2) is 8.70. The van der Waals surface area contributed by atoms with E-state index in [-0.39, 0.29) is 22.7 Å². The van der Waals surface area contributed by atoms with Crippen LogP contribution in [0.3, 0.4) is 0 Å². The third-order valence-corrected chi connectivity index (χ3v) is 5.44. The van der Waals surface area contributed by atoms with Gasteiger partial charge in [0, 0.05) is 47.7 Å². The van der Waals surface area contributed by atoms with E-state index in [1.165, 1.54) is 19.1 Å². The number of ether oxygens (including phenoxy) is 1. The Kier molecular flexibility index (Phi) is 5.79. The van der Waals surface area contributed by atoms with Crippen LogP contribution in [0.15, 0.2) is 66.7 Å². The van der Waals surface area contributed by atoms with Gasteiger partial charge in [-0.1, -0.05) is 30.3 Å². The Morgan fingerprint density at radius 3 is 2.12 bits per heavy atom. The highest BCUT2D eigenvalue weighted by molar-refractivity contribution is 6.28. The maximum absolute atomic E-state index is 12.9. The predicted molar refractivity (Wildman–Crippen MR) is 124 cm³/mol. The second-order valence-electron chi connectivity index (χ2n) is 7.95. The molecule has 0 saturated heterocycles. The van der Waals surface area contributed by atoms with Crippen LogP contribution in [-0.4, -0.2) is 43.6 Å². The molecule has 0 fully saturated rings. The molecule has 1 atom stereocenters. The average Bonchev–Trinajstić information content (AvgIpc) is 2.82. The summed E-state index contributed by atoms with van der Waals surface area (Å²) in [5.41, 5.74) is 2.70. The van der Waals surface area contributed by atoms with Crippen molar-refractivity contribution < 1.29 is 23.9 Å². The molecule has 0 saturated carbocycles. The highest BCUT2D eigenvalue weighted by Gasteiger charge is 2.29. The SMILES string of the molecule is CC(OC(=O)c1cccc(N(C)C)c1)C(=O)Nc1ccc2c(c1)C(=O)c1ccccc1C2=O. The molecule has 0 radical (unpaired) electrons. The van der Waals surface area contributed by atoms with Crippen molar-refractivity contribution in [2.45, 2.75) is 13.0 Å². The highest BCUT2D eigenvalue weighted by Crippen LogP contribution is 2.29. The van der Waals surface area contributed by atoms with Crippen molar-refractivity contribution in [3.05, 3.63) is 94.5 Å². The Labute approximate surface area is 191 Å². The zero-order chi connectivity index (χ0) is 23.7. The third-order valence-electron chi connectivity index (χ3n) is 5.44. The molecule has 1 amide bonds. The molecule has 0 spiro atoms. The maximum Gasteiger partial charge on any atom is 0.338 e. The molecule has 1 N–H and O–H groups in total. The first-order valence-corrected chi connectivity index (χ1v) is 10.4. The quantitative estimate of drug-likeness (QED) is 0.474. The fourth-order valence-corrected chi connectivity index (χ4v) is 3.61. The summed E-state index contributed by atoms with van der Waals surface area (Å²) < 4.78 is 5.31. The van der Waals surface area contributed by atoms with E-state index in [0.29, 0.717) is 22.4 Å². The van der Waals surface area contributed by atoms with Gasteiger partial charge >= 0.3 is 5.97 Å². The van der Waals surface area contributed by atoms with Gasteiger partial charge in [0.15, 0.2) is 17.7 Å². The van der Waals surface area contributed by atoms with Crippen molar-refractivity contribution in [1.29, 1.82) is 0 Å². The fraction of sp³-hybridized carbons (Fsp3) is 0.154. The van der Waals surface area contributed by atoms with Crippen LogP contribution in [0.25, 0.3) is 0 Å². The summed E-state index contributed by atoms with van der Waals surface area (Å²) in [5.74, 6) is -1.69. The molecule has 7 nitrogen and oxygen atoms in total. The molecule has 1 aliphatic rings.